The van der Waals surface area contributed by atoms with E-state index in [1.807, 2.05) is 30.3 Å². The predicted molar refractivity (Wildman–Crippen MR) is 127 cm³/mol. The lowest BCUT2D eigenvalue weighted by Crippen LogP contribution is -2.41. The molecule has 0 fully saturated rings. The van der Waals surface area contributed by atoms with E-state index in [1.165, 1.54) is 7.11 Å². The molecule has 1 aromatic heterocycles. The molecule has 172 valence electrons. The zero-order chi connectivity index (χ0) is 23.6. The van der Waals surface area contributed by atoms with E-state index in [-0.39, 0.29) is 17.9 Å². The molecule has 0 saturated heterocycles. The summed E-state index contributed by atoms with van der Waals surface area (Å²) in [6, 6.07) is 20.2. The molecule has 2 amide bonds. The summed E-state index contributed by atoms with van der Waals surface area (Å²) < 4.78 is 10.6. The average molecular weight is 448 g/mol. The molecule has 0 unspecified atom stereocenters. The van der Waals surface area contributed by atoms with Gasteiger partial charge in [-0.15, -0.1) is 0 Å². The number of likely N-dealkylation sites (N-methyl/N-ethyl adjacent to an activating group) is 1. The highest BCUT2D eigenvalue weighted by Crippen LogP contribution is 2.28. The van der Waals surface area contributed by atoms with E-state index in [0.29, 0.717) is 42.1 Å². The van der Waals surface area contributed by atoms with Gasteiger partial charge in [0.05, 0.1) is 14.2 Å². The third kappa shape index (κ3) is 6.32. The quantitative estimate of drug-likeness (QED) is 0.514. The Morgan fingerprint density at radius 3 is 2.36 bits per heavy atom. The van der Waals surface area contributed by atoms with E-state index in [2.05, 4.69) is 10.3 Å². The van der Waals surface area contributed by atoms with Crippen molar-refractivity contribution in [2.75, 3.05) is 27.8 Å². The molecule has 1 atom stereocenters. The molecular weight excluding hydrogens is 418 g/mol. The van der Waals surface area contributed by atoms with Crippen molar-refractivity contribution in [3.05, 3.63) is 89.7 Å². The maximum atomic E-state index is 13.3. The number of carbonyl (C=O) groups excluding carboxylic acids is 2. The van der Waals surface area contributed by atoms with Gasteiger partial charge in [-0.3, -0.25) is 14.6 Å². The van der Waals surface area contributed by atoms with Gasteiger partial charge in [0.2, 0.25) is 0 Å². The Morgan fingerprint density at radius 1 is 0.970 bits per heavy atom. The van der Waals surface area contributed by atoms with Crippen LogP contribution in [0.15, 0.2) is 72.9 Å². The predicted octanol–water partition coefficient (Wildman–Crippen LogP) is 3.60. The average Bonchev–Trinajstić information content (AvgIpc) is 2.87. The minimum atomic E-state index is -0.233. The number of carbonyl (C=O) groups is 2. The minimum absolute atomic E-state index is 0.128. The normalized spacial score (nSPS) is 11.4. The first-order chi connectivity index (χ1) is 16.0. The van der Waals surface area contributed by atoms with E-state index in [0.717, 1.165) is 5.56 Å². The summed E-state index contributed by atoms with van der Waals surface area (Å²) in [6.07, 6.45) is 2.83. The number of pyridine rings is 1. The lowest BCUT2D eigenvalue weighted by molar-refractivity contribution is 0.0722. The summed E-state index contributed by atoms with van der Waals surface area (Å²) >= 11 is 0. The van der Waals surface area contributed by atoms with Crippen LogP contribution >= 0.6 is 0 Å². The van der Waals surface area contributed by atoms with E-state index < -0.39 is 0 Å². The molecule has 0 aliphatic rings. The first-order valence-corrected chi connectivity index (χ1v) is 10.8. The van der Waals surface area contributed by atoms with Gasteiger partial charge < -0.3 is 19.7 Å². The molecule has 1 heterocycles. The van der Waals surface area contributed by atoms with Gasteiger partial charge in [-0.1, -0.05) is 36.4 Å². The molecule has 7 heteroatoms. The maximum absolute atomic E-state index is 13.3. The monoisotopic (exact) mass is 447 g/mol. The largest absolute Gasteiger partial charge is 0.493 e. The first kappa shape index (κ1) is 23.8. The Kier molecular flexibility index (Phi) is 8.41. The van der Waals surface area contributed by atoms with Crippen LogP contribution in [0, 0.1) is 0 Å². The van der Waals surface area contributed by atoms with Crippen molar-refractivity contribution in [1.29, 1.82) is 0 Å². The molecule has 7 nitrogen and oxygen atoms in total. The maximum Gasteiger partial charge on any atom is 0.269 e. The van der Waals surface area contributed by atoms with E-state index in [1.54, 1.807) is 61.7 Å². The van der Waals surface area contributed by atoms with Crippen LogP contribution in [0.2, 0.25) is 0 Å². The topological polar surface area (TPSA) is 80.8 Å². The highest BCUT2D eigenvalue weighted by molar-refractivity contribution is 5.95. The van der Waals surface area contributed by atoms with Crippen LogP contribution in [0.3, 0.4) is 0 Å². The van der Waals surface area contributed by atoms with Crippen LogP contribution in [0.4, 0.5) is 0 Å². The van der Waals surface area contributed by atoms with Crippen LogP contribution in [0.1, 0.15) is 32.8 Å². The summed E-state index contributed by atoms with van der Waals surface area (Å²) in [5.74, 6) is 0.699. The molecule has 2 aromatic carbocycles. The Morgan fingerprint density at radius 2 is 1.70 bits per heavy atom. The summed E-state index contributed by atoms with van der Waals surface area (Å²) in [5, 5.41) is 2.91. The van der Waals surface area contributed by atoms with Gasteiger partial charge in [0.25, 0.3) is 11.8 Å². The van der Waals surface area contributed by atoms with Crippen molar-refractivity contribution in [2.45, 2.75) is 18.9 Å². The minimum Gasteiger partial charge on any atom is -0.493 e. The van der Waals surface area contributed by atoms with Crippen molar-refractivity contribution in [3.8, 4) is 11.5 Å². The number of ether oxygens (including phenoxy) is 2. The van der Waals surface area contributed by atoms with Crippen molar-refractivity contribution < 1.29 is 19.1 Å². The van der Waals surface area contributed by atoms with Crippen molar-refractivity contribution in [1.82, 2.24) is 15.2 Å². The fourth-order valence-corrected chi connectivity index (χ4v) is 3.60. The van der Waals surface area contributed by atoms with Gasteiger partial charge in [-0.25, -0.2) is 0 Å². The molecule has 3 rings (SSSR count). The number of rotatable bonds is 10. The molecular formula is C26H29N3O4. The second-order valence-electron chi connectivity index (χ2n) is 7.59. The summed E-state index contributed by atoms with van der Waals surface area (Å²) in [6.45, 7) is 0.413. The van der Waals surface area contributed by atoms with Gasteiger partial charge >= 0.3 is 0 Å². The second-order valence-corrected chi connectivity index (χ2v) is 7.59. The number of hydrogen-bond donors (Lipinski definition) is 1. The smallest absolute Gasteiger partial charge is 0.269 e. The van der Waals surface area contributed by atoms with E-state index in [9.17, 15) is 9.59 Å². The molecule has 0 radical (unpaired) electrons. The standard InChI is InChI=1S/C26H29N3O4/c1-29(26(31)20-12-13-23(32-2)24(18-20)33-3)21(17-19-9-5-4-6-10-19)14-16-28-25(30)22-11-7-8-15-27-22/h4-13,15,18,21H,14,16-17H2,1-3H3,(H,28,30)/t21-/m1/s1. The fourth-order valence-electron chi connectivity index (χ4n) is 3.60. The number of nitrogens with one attached hydrogen (secondary N) is 1. The number of benzene rings is 2. The summed E-state index contributed by atoms with van der Waals surface area (Å²) in [5.41, 5.74) is 1.99. The van der Waals surface area contributed by atoms with Gasteiger partial charge in [0.1, 0.15) is 5.69 Å². The third-order valence-corrected chi connectivity index (χ3v) is 5.47. The molecule has 3 aromatic rings. The van der Waals surface area contributed by atoms with Crippen molar-refractivity contribution >= 4 is 11.8 Å². The Labute approximate surface area is 194 Å². The number of hydrogen-bond acceptors (Lipinski definition) is 5. The molecule has 33 heavy (non-hydrogen) atoms. The van der Waals surface area contributed by atoms with E-state index in [4.69, 9.17) is 9.47 Å². The van der Waals surface area contributed by atoms with Gasteiger partial charge in [0.15, 0.2) is 11.5 Å². The zero-order valence-electron chi connectivity index (χ0n) is 19.2. The van der Waals surface area contributed by atoms with Crippen LogP contribution < -0.4 is 14.8 Å². The number of nitrogens with zero attached hydrogens (tertiary/aromatic N) is 2. The second kappa shape index (κ2) is 11.7. The molecule has 1 N–H and O–H groups in total. The van der Waals surface area contributed by atoms with Crippen LogP contribution in [-0.2, 0) is 6.42 Å². The van der Waals surface area contributed by atoms with Crippen LogP contribution in [-0.4, -0.2) is 55.6 Å². The fraction of sp³-hybridized carbons (Fsp3) is 0.269. The SMILES string of the molecule is COc1ccc(C(=O)N(C)[C@H](CCNC(=O)c2ccccn2)Cc2ccccc2)cc1OC. The molecule has 0 aliphatic heterocycles. The number of aromatic nitrogens is 1. The molecule has 0 saturated carbocycles. The Bertz CT molecular complexity index is 1060. The summed E-state index contributed by atoms with van der Waals surface area (Å²) in [7, 11) is 4.88. The summed E-state index contributed by atoms with van der Waals surface area (Å²) in [4.78, 5) is 31.5. The third-order valence-electron chi connectivity index (χ3n) is 5.47. The lowest BCUT2D eigenvalue weighted by Gasteiger charge is -2.29. The molecule has 0 bridgehead atoms. The lowest BCUT2D eigenvalue weighted by atomic mass is 10.0. The van der Waals surface area contributed by atoms with Gasteiger partial charge in [-0.2, -0.15) is 0 Å². The van der Waals surface area contributed by atoms with Crippen molar-refractivity contribution in [3.63, 3.8) is 0 Å². The molecule has 0 aliphatic carbocycles. The van der Waals surface area contributed by atoms with Crippen LogP contribution in [0.25, 0.3) is 0 Å². The highest BCUT2D eigenvalue weighted by Gasteiger charge is 2.23. The Hall–Kier alpha value is -3.87. The van der Waals surface area contributed by atoms with Crippen LogP contribution in [0.5, 0.6) is 11.5 Å². The highest BCUT2D eigenvalue weighted by atomic mass is 16.5. The van der Waals surface area contributed by atoms with Gasteiger partial charge in [0, 0.05) is 31.4 Å². The van der Waals surface area contributed by atoms with Gasteiger partial charge in [-0.05, 0) is 48.7 Å². The Balaban J connectivity index is 1.73. The molecule has 0 spiro atoms. The van der Waals surface area contributed by atoms with E-state index >= 15 is 0 Å². The van der Waals surface area contributed by atoms with Crippen molar-refractivity contribution in [2.24, 2.45) is 0 Å². The number of methoxy groups -OCH3 is 2. The first-order valence-electron chi connectivity index (χ1n) is 10.8. The zero-order valence-corrected chi connectivity index (χ0v) is 19.2. The number of amides is 2.